The number of rotatable bonds is 56. The fourth-order valence-electron chi connectivity index (χ4n) is 8.86. The highest BCUT2D eigenvalue weighted by atomic mass is 16.5. The fraction of sp³-hybridized carbons (Fsp3) is 0.797. The summed E-state index contributed by atoms with van der Waals surface area (Å²) in [5.74, 6) is -3.97. The van der Waals surface area contributed by atoms with E-state index in [1.54, 1.807) is 0 Å². The highest BCUT2D eigenvalue weighted by molar-refractivity contribution is 5.78. The van der Waals surface area contributed by atoms with Crippen LogP contribution >= 0.6 is 0 Å². The lowest BCUT2D eigenvalue weighted by atomic mass is 10.2. The third-order valence-electron chi connectivity index (χ3n) is 14.3. The zero-order valence-electron chi connectivity index (χ0n) is 54.4. The maximum atomic E-state index is 13.3. The van der Waals surface area contributed by atoms with Crippen molar-refractivity contribution in [2.45, 2.75) is 109 Å². The molecule has 0 bridgehead atoms. The SMILES string of the molecule is COC(=O)CCN(CCCNC(=O)CCN(CCCN(CCC(=O)NCCCN(CCC(=O)OC)CCC(=O)OC)CCC(=O)NCCCN(CCC(=O)OC)CCC(=O)OC)CCC(=O)NCCCN(CCC(=O)OC)CCC(=O)OC)CCC(=O)OC. The van der Waals surface area contributed by atoms with Gasteiger partial charge in [-0.2, -0.15) is 0 Å². The van der Waals surface area contributed by atoms with E-state index in [1.807, 2.05) is 29.4 Å². The van der Waals surface area contributed by atoms with Gasteiger partial charge in [0.1, 0.15) is 0 Å². The third kappa shape index (κ3) is 48.0. The van der Waals surface area contributed by atoms with E-state index in [0.29, 0.717) is 176 Å². The lowest BCUT2D eigenvalue weighted by Gasteiger charge is -2.26. The van der Waals surface area contributed by atoms with Gasteiger partial charge in [-0.15, -0.1) is 0 Å². The number of hydrogen-bond donors (Lipinski definition) is 4. The van der Waals surface area contributed by atoms with Crippen molar-refractivity contribution in [3.05, 3.63) is 0 Å². The molecule has 0 fully saturated rings. The molecule has 89 heavy (non-hydrogen) atoms. The van der Waals surface area contributed by atoms with E-state index in [1.165, 1.54) is 56.9 Å². The first-order valence-electron chi connectivity index (χ1n) is 30.7. The fourth-order valence-corrected chi connectivity index (χ4v) is 8.86. The normalized spacial score (nSPS) is 11.1. The summed E-state index contributed by atoms with van der Waals surface area (Å²) in [6.07, 6.45) is 4.12. The van der Waals surface area contributed by atoms with Crippen LogP contribution in [0, 0.1) is 0 Å². The van der Waals surface area contributed by atoms with Crippen LogP contribution in [0.3, 0.4) is 0 Å². The lowest BCUT2D eigenvalue weighted by Crippen LogP contribution is -2.39. The van der Waals surface area contributed by atoms with E-state index in [0.717, 1.165) is 0 Å². The first kappa shape index (κ1) is 82.4. The van der Waals surface area contributed by atoms with Crippen LogP contribution in [-0.4, -0.2) is 302 Å². The van der Waals surface area contributed by atoms with Crippen molar-refractivity contribution in [3.8, 4) is 0 Å². The van der Waals surface area contributed by atoms with Crippen LogP contribution in [-0.2, 0) is 95.4 Å². The molecule has 0 saturated heterocycles. The number of carbonyl (C=O) groups excluding carboxylic acids is 12. The minimum atomic E-state index is -0.387. The second-order valence-electron chi connectivity index (χ2n) is 20.8. The number of carbonyl (C=O) groups is 12. The van der Waals surface area contributed by atoms with Gasteiger partial charge in [-0.1, -0.05) is 0 Å². The van der Waals surface area contributed by atoms with Crippen molar-refractivity contribution in [1.82, 2.24) is 50.7 Å². The van der Waals surface area contributed by atoms with Crippen LogP contribution in [0.5, 0.6) is 0 Å². The quantitative estimate of drug-likeness (QED) is 0.0332. The van der Waals surface area contributed by atoms with Crippen molar-refractivity contribution < 1.29 is 95.4 Å². The van der Waals surface area contributed by atoms with E-state index in [2.05, 4.69) is 21.3 Å². The Labute approximate surface area is 526 Å². The Morgan fingerprint density at radius 2 is 0.337 bits per heavy atom. The summed E-state index contributed by atoms with van der Waals surface area (Å²) in [4.78, 5) is 160. The van der Waals surface area contributed by atoms with Crippen molar-refractivity contribution in [2.75, 3.05) is 201 Å². The van der Waals surface area contributed by atoms with Gasteiger partial charge in [0, 0.05) is 130 Å². The molecule has 0 aliphatic heterocycles. The van der Waals surface area contributed by atoms with Crippen LogP contribution in [0.1, 0.15) is 109 Å². The lowest BCUT2D eigenvalue weighted by molar-refractivity contribution is -0.142. The molecule has 0 aromatic rings. The summed E-state index contributed by atoms with van der Waals surface area (Å²) in [6, 6.07) is 0. The predicted octanol–water partition coefficient (Wildman–Crippen LogP) is -0.721. The van der Waals surface area contributed by atoms with Crippen molar-refractivity contribution >= 4 is 71.4 Å². The smallest absolute Gasteiger partial charge is 0.306 e. The summed E-state index contributed by atoms with van der Waals surface area (Å²) in [7, 11) is 10.4. The first-order valence-corrected chi connectivity index (χ1v) is 30.7. The summed E-state index contributed by atoms with van der Waals surface area (Å²) in [5, 5.41) is 11.8. The van der Waals surface area contributed by atoms with E-state index < -0.39 is 0 Å². The molecule has 0 heterocycles. The largest absolute Gasteiger partial charge is 0.469 e. The van der Waals surface area contributed by atoms with Crippen molar-refractivity contribution in [1.29, 1.82) is 0 Å². The Bertz CT molecular complexity index is 1720. The van der Waals surface area contributed by atoms with Gasteiger partial charge in [0.2, 0.25) is 23.6 Å². The molecule has 0 aliphatic rings. The van der Waals surface area contributed by atoms with Gasteiger partial charge in [-0.25, -0.2) is 0 Å². The molecular formula is C59H106N10O20. The molecule has 0 saturated carbocycles. The van der Waals surface area contributed by atoms with Crippen LogP contribution < -0.4 is 21.3 Å². The molecule has 0 aromatic heterocycles. The highest BCUT2D eigenvalue weighted by Crippen LogP contribution is 2.07. The van der Waals surface area contributed by atoms with Crippen LogP contribution in [0.4, 0.5) is 0 Å². The van der Waals surface area contributed by atoms with Gasteiger partial charge in [-0.05, 0) is 71.4 Å². The number of esters is 8. The molecule has 4 amide bonds. The molecule has 0 unspecified atom stereocenters. The molecular weight excluding hydrogens is 1170 g/mol. The molecule has 30 nitrogen and oxygen atoms in total. The molecule has 30 heteroatoms. The first-order chi connectivity index (χ1) is 42.7. The molecule has 0 aromatic carbocycles. The van der Waals surface area contributed by atoms with E-state index >= 15 is 0 Å². The van der Waals surface area contributed by atoms with Crippen LogP contribution in [0.15, 0.2) is 0 Å². The van der Waals surface area contributed by atoms with Gasteiger partial charge in [-0.3, -0.25) is 57.5 Å². The second kappa shape index (κ2) is 54.3. The zero-order valence-corrected chi connectivity index (χ0v) is 54.4. The van der Waals surface area contributed by atoms with Gasteiger partial charge in [0.15, 0.2) is 0 Å². The van der Waals surface area contributed by atoms with Gasteiger partial charge in [0.25, 0.3) is 0 Å². The van der Waals surface area contributed by atoms with Crippen molar-refractivity contribution in [3.63, 3.8) is 0 Å². The molecule has 0 radical (unpaired) electrons. The Kier molecular flexibility index (Phi) is 50.3. The average Bonchev–Trinajstić information content (AvgIpc) is 3.59. The Morgan fingerprint density at radius 3 is 0.483 bits per heavy atom. The van der Waals surface area contributed by atoms with Gasteiger partial charge in [0.05, 0.1) is 108 Å². The van der Waals surface area contributed by atoms with Crippen LogP contribution in [0.2, 0.25) is 0 Å². The standard InChI is InChI=1S/C59H106N10O20/c1-82-52(74)18-40-64(41-19-53(75)83-2)30-9-26-60-48(70)14-36-68(37-15-49(71)61-27-10-31-65(42-20-54(76)84-3)43-21-55(77)85-4)34-13-35-69(38-16-50(72)62-28-11-32-66(44-22-56(78)86-5)45-23-57(79)87-6)39-17-51(73)63-29-12-33-67(46-24-58(80)88-7)47-25-59(81)89-8/h9-47H2,1-8H3,(H,60,70)(H,61,71)(H,62,72)(H,63,73). The number of ether oxygens (including phenoxy) is 8. The third-order valence-corrected chi connectivity index (χ3v) is 14.3. The average molecular weight is 1280 g/mol. The maximum Gasteiger partial charge on any atom is 0.306 e. The van der Waals surface area contributed by atoms with Crippen LogP contribution in [0.25, 0.3) is 0 Å². The topological polar surface area (TPSA) is 346 Å². The summed E-state index contributed by atoms with van der Waals surface area (Å²) >= 11 is 0. The Balaban J connectivity index is 6.20. The highest BCUT2D eigenvalue weighted by Gasteiger charge is 2.19. The summed E-state index contributed by atoms with van der Waals surface area (Å²) < 4.78 is 38.2. The molecule has 0 rings (SSSR count). The number of amides is 4. The molecule has 4 N–H and O–H groups in total. The molecule has 0 aliphatic carbocycles. The van der Waals surface area contributed by atoms with E-state index in [4.69, 9.17) is 37.9 Å². The van der Waals surface area contributed by atoms with Crippen molar-refractivity contribution in [2.24, 2.45) is 0 Å². The molecule has 0 spiro atoms. The van der Waals surface area contributed by atoms with E-state index in [-0.39, 0.29) is 148 Å². The predicted molar refractivity (Wildman–Crippen MR) is 325 cm³/mol. The Morgan fingerprint density at radius 1 is 0.202 bits per heavy atom. The summed E-state index contributed by atoms with van der Waals surface area (Å²) in [6.45, 7) is 8.22. The number of hydrogen-bond acceptors (Lipinski definition) is 26. The molecule has 512 valence electrons. The van der Waals surface area contributed by atoms with E-state index in [9.17, 15) is 57.5 Å². The minimum absolute atomic E-state index is 0.107. The number of methoxy groups -OCH3 is 8. The van der Waals surface area contributed by atoms with Gasteiger partial charge >= 0.3 is 47.8 Å². The second-order valence-corrected chi connectivity index (χ2v) is 20.8. The minimum Gasteiger partial charge on any atom is -0.469 e. The number of nitrogens with one attached hydrogen (secondary N) is 4. The zero-order chi connectivity index (χ0) is 66.5. The monoisotopic (exact) mass is 1270 g/mol. The van der Waals surface area contributed by atoms with Gasteiger partial charge < -0.3 is 88.6 Å². The Hall–Kier alpha value is -6.60. The maximum absolute atomic E-state index is 13.3. The molecule has 0 atom stereocenters. The summed E-state index contributed by atoms with van der Waals surface area (Å²) in [5.41, 5.74) is 0. The number of nitrogens with zero attached hydrogens (tertiary/aromatic N) is 6.